The number of rotatable bonds is 5. The predicted octanol–water partition coefficient (Wildman–Crippen LogP) is 4.30. The standard InChI is InChI=1S/C17H17ClN2O3/c1-4-23-16-12(18)7-10(8-15(16)22-3)17-19-13-6-5-11(21-2)9-14(13)20-17/h5-9H,4H2,1-3H3,(H,19,20). The molecule has 0 radical (unpaired) electrons. The Labute approximate surface area is 139 Å². The van der Waals surface area contributed by atoms with Gasteiger partial charge >= 0.3 is 0 Å². The molecule has 0 amide bonds. The summed E-state index contributed by atoms with van der Waals surface area (Å²) in [6, 6.07) is 9.34. The van der Waals surface area contributed by atoms with E-state index in [1.807, 2.05) is 37.3 Å². The first kappa shape index (κ1) is 15.5. The molecule has 3 aromatic rings. The molecule has 1 N–H and O–H groups in total. The lowest BCUT2D eigenvalue weighted by atomic mass is 10.2. The fourth-order valence-electron chi connectivity index (χ4n) is 2.39. The summed E-state index contributed by atoms with van der Waals surface area (Å²) >= 11 is 6.32. The maximum atomic E-state index is 6.32. The zero-order chi connectivity index (χ0) is 16.4. The van der Waals surface area contributed by atoms with Crippen LogP contribution in [-0.4, -0.2) is 30.8 Å². The van der Waals surface area contributed by atoms with E-state index in [4.69, 9.17) is 25.8 Å². The molecule has 2 aromatic carbocycles. The number of halogens is 1. The van der Waals surface area contributed by atoms with Crippen molar-refractivity contribution in [1.82, 2.24) is 9.97 Å². The largest absolute Gasteiger partial charge is 0.497 e. The van der Waals surface area contributed by atoms with Gasteiger partial charge < -0.3 is 19.2 Å². The zero-order valence-electron chi connectivity index (χ0n) is 13.1. The summed E-state index contributed by atoms with van der Waals surface area (Å²) in [7, 11) is 3.22. The van der Waals surface area contributed by atoms with Crippen molar-refractivity contribution in [2.45, 2.75) is 6.92 Å². The van der Waals surface area contributed by atoms with Gasteiger partial charge in [-0.25, -0.2) is 4.98 Å². The van der Waals surface area contributed by atoms with Gasteiger partial charge in [-0.2, -0.15) is 0 Å². The van der Waals surface area contributed by atoms with Gasteiger partial charge in [0.05, 0.1) is 36.9 Å². The fraction of sp³-hybridized carbons (Fsp3) is 0.235. The van der Waals surface area contributed by atoms with Crippen molar-refractivity contribution >= 4 is 22.6 Å². The first-order valence-electron chi connectivity index (χ1n) is 7.20. The molecule has 0 aliphatic carbocycles. The predicted molar refractivity (Wildman–Crippen MR) is 90.8 cm³/mol. The van der Waals surface area contributed by atoms with Crippen LogP contribution in [-0.2, 0) is 0 Å². The molecule has 0 spiro atoms. The molecule has 3 rings (SSSR count). The molecule has 5 nitrogen and oxygen atoms in total. The lowest BCUT2D eigenvalue weighted by Gasteiger charge is -2.12. The number of methoxy groups -OCH3 is 2. The Balaban J connectivity index is 2.09. The first-order chi connectivity index (χ1) is 11.2. The highest BCUT2D eigenvalue weighted by Crippen LogP contribution is 2.39. The highest BCUT2D eigenvalue weighted by molar-refractivity contribution is 6.32. The fourth-order valence-corrected chi connectivity index (χ4v) is 2.66. The number of ether oxygens (including phenoxy) is 3. The SMILES string of the molecule is CCOc1c(Cl)cc(-c2nc3ccc(OC)cc3[nH]2)cc1OC. The van der Waals surface area contributed by atoms with E-state index in [2.05, 4.69) is 9.97 Å². The van der Waals surface area contributed by atoms with Gasteiger partial charge in [0.1, 0.15) is 11.6 Å². The molecule has 6 heteroatoms. The van der Waals surface area contributed by atoms with Crippen molar-refractivity contribution in [3.8, 4) is 28.6 Å². The number of aromatic nitrogens is 2. The Morgan fingerprint density at radius 3 is 2.65 bits per heavy atom. The number of fused-ring (bicyclic) bond motifs is 1. The molecule has 0 saturated heterocycles. The molecule has 0 aliphatic rings. The van der Waals surface area contributed by atoms with Gasteiger partial charge in [0.25, 0.3) is 0 Å². The molecular weight excluding hydrogens is 316 g/mol. The maximum Gasteiger partial charge on any atom is 0.179 e. The van der Waals surface area contributed by atoms with E-state index in [1.165, 1.54) is 0 Å². The van der Waals surface area contributed by atoms with Crippen LogP contribution in [0.3, 0.4) is 0 Å². The molecule has 0 saturated carbocycles. The topological polar surface area (TPSA) is 56.4 Å². The maximum absolute atomic E-state index is 6.32. The van der Waals surface area contributed by atoms with Crippen LogP contribution in [0.5, 0.6) is 17.2 Å². The molecule has 23 heavy (non-hydrogen) atoms. The smallest absolute Gasteiger partial charge is 0.179 e. The highest BCUT2D eigenvalue weighted by atomic mass is 35.5. The number of nitrogens with zero attached hydrogens (tertiary/aromatic N) is 1. The number of benzene rings is 2. The van der Waals surface area contributed by atoms with Gasteiger partial charge in [-0.05, 0) is 31.2 Å². The Morgan fingerprint density at radius 2 is 1.96 bits per heavy atom. The van der Waals surface area contributed by atoms with Gasteiger partial charge in [0.15, 0.2) is 11.5 Å². The molecule has 0 unspecified atom stereocenters. The minimum atomic E-state index is 0.485. The Morgan fingerprint density at radius 1 is 1.13 bits per heavy atom. The Kier molecular flexibility index (Phi) is 4.30. The van der Waals surface area contributed by atoms with Gasteiger partial charge in [0.2, 0.25) is 0 Å². The number of hydrogen-bond acceptors (Lipinski definition) is 4. The van der Waals surface area contributed by atoms with Crippen LogP contribution in [0, 0.1) is 0 Å². The van der Waals surface area contributed by atoms with Crippen LogP contribution < -0.4 is 14.2 Å². The van der Waals surface area contributed by atoms with E-state index < -0.39 is 0 Å². The summed E-state index contributed by atoms with van der Waals surface area (Å²) in [4.78, 5) is 7.85. The lowest BCUT2D eigenvalue weighted by molar-refractivity contribution is 0.311. The van der Waals surface area contributed by atoms with E-state index in [1.54, 1.807) is 14.2 Å². The van der Waals surface area contributed by atoms with Crippen LogP contribution in [0.1, 0.15) is 6.92 Å². The van der Waals surface area contributed by atoms with E-state index >= 15 is 0 Å². The van der Waals surface area contributed by atoms with Crippen LogP contribution in [0.25, 0.3) is 22.4 Å². The molecule has 120 valence electrons. The van der Waals surface area contributed by atoms with Crippen molar-refractivity contribution in [3.05, 3.63) is 35.4 Å². The van der Waals surface area contributed by atoms with Gasteiger partial charge in [-0.15, -0.1) is 0 Å². The average Bonchev–Trinajstić information content (AvgIpc) is 2.99. The summed E-state index contributed by atoms with van der Waals surface area (Å²) in [6.45, 7) is 2.41. The van der Waals surface area contributed by atoms with Crippen LogP contribution >= 0.6 is 11.6 Å². The molecule has 0 fully saturated rings. The van der Waals surface area contributed by atoms with Gasteiger partial charge in [0, 0.05) is 11.6 Å². The first-order valence-corrected chi connectivity index (χ1v) is 7.58. The summed E-state index contributed by atoms with van der Waals surface area (Å²) in [5.41, 5.74) is 2.57. The second-order valence-electron chi connectivity index (χ2n) is 4.89. The molecular formula is C17H17ClN2O3. The summed E-state index contributed by atoms with van der Waals surface area (Å²) < 4.78 is 16.1. The highest BCUT2D eigenvalue weighted by Gasteiger charge is 2.15. The molecule has 0 aliphatic heterocycles. The van der Waals surface area contributed by atoms with E-state index in [9.17, 15) is 0 Å². The van der Waals surface area contributed by atoms with E-state index in [0.29, 0.717) is 29.0 Å². The third-order valence-corrected chi connectivity index (χ3v) is 3.76. The number of hydrogen-bond donors (Lipinski definition) is 1. The minimum absolute atomic E-state index is 0.485. The Hall–Kier alpha value is -2.40. The number of imidazole rings is 1. The number of aromatic amines is 1. The average molecular weight is 333 g/mol. The third-order valence-electron chi connectivity index (χ3n) is 3.48. The van der Waals surface area contributed by atoms with E-state index in [0.717, 1.165) is 22.3 Å². The van der Waals surface area contributed by atoms with Crippen LogP contribution in [0.2, 0.25) is 5.02 Å². The van der Waals surface area contributed by atoms with Gasteiger partial charge in [-0.3, -0.25) is 0 Å². The van der Waals surface area contributed by atoms with Crippen molar-refractivity contribution in [1.29, 1.82) is 0 Å². The van der Waals surface area contributed by atoms with Gasteiger partial charge in [-0.1, -0.05) is 11.6 Å². The van der Waals surface area contributed by atoms with Crippen LogP contribution in [0.15, 0.2) is 30.3 Å². The quantitative estimate of drug-likeness (QED) is 0.756. The minimum Gasteiger partial charge on any atom is -0.497 e. The summed E-state index contributed by atoms with van der Waals surface area (Å²) in [6.07, 6.45) is 0. The van der Waals surface area contributed by atoms with Crippen molar-refractivity contribution in [3.63, 3.8) is 0 Å². The number of H-pyrrole nitrogens is 1. The second-order valence-corrected chi connectivity index (χ2v) is 5.30. The zero-order valence-corrected chi connectivity index (χ0v) is 13.9. The van der Waals surface area contributed by atoms with Crippen LogP contribution in [0.4, 0.5) is 0 Å². The lowest BCUT2D eigenvalue weighted by Crippen LogP contribution is -1.97. The molecule has 0 bridgehead atoms. The molecule has 0 atom stereocenters. The summed E-state index contributed by atoms with van der Waals surface area (Å²) in [5, 5.41) is 0.485. The monoisotopic (exact) mass is 332 g/mol. The third kappa shape index (κ3) is 2.92. The second kappa shape index (κ2) is 6.38. The molecule has 1 aromatic heterocycles. The van der Waals surface area contributed by atoms with Crippen molar-refractivity contribution in [2.24, 2.45) is 0 Å². The number of nitrogens with one attached hydrogen (secondary N) is 1. The van der Waals surface area contributed by atoms with Crippen molar-refractivity contribution in [2.75, 3.05) is 20.8 Å². The molecule has 1 heterocycles. The normalized spacial score (nSPS) is 10.8. The Bertz CT molecular complexity index is 845. The van der Waals surface area contributed by atoms with E-state index in [-0.39, 0.29) is 0 Å². The van der Waals surface area contributed by atoms with Crippen molar-refractivity contribution < 1.29 is 14.2 Å². The summed E-state index contributed by atoms with van der Waals surface area (Å²) in [5.74, 6) is 2.59.